The van der Waals surface area contributed by atoms with Gasteiger partial charge in [-0.1, -0.05) is 6.07 Å². The number of rotatable bonds is 6. The number of carbonyl (C=O) groups excluding carboxylic acids is 2. The van der Waals surface area contributed by atoms with E-state index < -0.39 is 4.92 Å². The van der Waals surface area contributed by atoms with E-state index in [1.807, 2.05) is 18.7 Å². The van der Waals surface area contributed by atoms with Crippen LogP contribution in [0, 0.1) is 10.1 Å². The largest absolute Gasteiger partial charge is 0.359 e. The van der Waals surface area contributed by atoms with Gasteiger partial charge in [-0.25, -0.2) is 0 Å². The van der Waals surface area contributed by atoms with Gasteiger partial charge < -0.3 is 15.5 Å². The van der Waals surface area contributed by atoms with Crippen LogP contribution in [0.25, 0.3) is 0 Å². The fraction of sp³-hybridized carbons (Fsp3) is 0.300. The average molecular weight is 382 g/mol. The Kier molecular flexibility index (Phi) is 5.58. The summed E-state index contributed by atoms with van der Waals surface area (Å²) < 4.78 is 0. The first-order chi connectivity index (χ1) is 13.4. The molecule has 2 aromatic carbocycles. The van der Waals surface area contributed by atoms with Gasteiger partial charge in [0, 0.05) is 41.7 Å². The molecule has 1 heterocycles. The molecule has 0 bridgehead atoms. The molecule has 0 saturated heterocycles. The number of non-ortho nitro benzene ring substituents is 1. The molecule has 3 rings (SSSR count). The first kappa shape index (κ1) is 19.3. The van der Waals surface area contributed by atoms with E-state index in [2.05, 4.69) is 10.6 Å². The fourth-order valence-electron chi connectivity index (χ4n) is 3.39. The van der Waals surface area contributed by atoms with Crippen molar-refractivity contribution in [2.45, 2.75) is 26.3 Å². The van der Waals surface area contributed by atoms with Gasteiger partial charge in [0.05, 0.1) is 11.5 Å². The molecule has 2 aromatic rings. The van der Waals surface area contributed by atoms with Gasteiger partial charge in [0.25, 0.3) is 11.6 Å². The van der Waals surface area contributed by atoms with E-state index in [1.54, 1.807) is 36.4 Å². The van der Waals surface area contributed by atoms with Crippen LogP contribution in [0.4, 0.5) is 17.1 Å². The van der Waals surface area contributed by atoms with Crippen LogP contribution in [0.5, 0.6) is 0 Å². The molecular formula is C20H22N4O4. The Bertz CT molecular complexity index is 928. The molecular weight excluding hydrogens is 360 g/mol. The molecule has 28 heavy (non-hydrogen) atoms. The Morgan fingerprint density at radius 3 is 2.75 bits per heavy atom. The van der Waals surface area contributed by atoms with Crippen molar-refractivity contribution in [2.24, 2.45) is 0 Å². The second-order valence-corrected chi connectivity index (χ2v) is 6.74. The SMILES string of the molecule is CCNC(=O)c1cccc(NC(=O)CN2c3ccc([N+](=O)[O-])cc3CC2C)c1. The highest BCUT2D eigenvalue weighted by atomic mass is 16.6. The van der Waals surface area contributed by atoms with Crippen molar-refractivity contribution in [1.29, 1.82) is 0 Å². The summed E-state index contributed by atoms with van der Waals surface area (Å²) in [6.45, 7) is 4.47. The molecule has 0 radical (unpaired) electrons. The average Bonchev–Trinajstić information content (AvgIpc) is 2.96. The smallest absolute Gasteiger partial charge is 0.269 e. The van der Waals surface area contributed by atoms with Gasteiger partial charge in [0.1, 0.15) is 0 Å². The normalized spacial score (nSPS) is 15.1. The molecule has 8 heteroatoms. The first-order valence-corrected chi connectivity index (χ1v) is 9.11. The minimum absolute atomic E-state index is 0.0550. The third kappa shape index (κ3) is 4.11. The van der Waals surface area contributed by atoms with Gasteiger partial charge in [-0.2, -0.15) is 0 Å². The first-order valence-electron chi connectivity index (χ1n) is 9.11. The number of hydrogen-bond acceptors (Lipinski definition) is 5. The quantitative estimate of drug-likeness (QED) is 0.590. The summed E-state index contributed by atoms with van der Waals surface area (Å²) in [5.41, 5.74) is 2.79. The fourth-order valence-corrected chi connectivity index (χ4v) is 3.39. The molecule has 0 aliphatic carbocycles. The van der Waals surface area contributed by atoms with Crippen LogP contribution in [0.15, 0.2) is 42.5 Å². The molecule has 1 atom stereocenters. The Labute approximate surface area is 162 Å². The van der Waals surface area contributed by atoms with Crippen LogP contribution in [-0.4, -0.2) is 35.9 Å². The van der Waals surface area contributed by atoms with E-state index >= 15 is 0 Å². The summed E-state index contributed by atoms with van der Waals surface area (Å²) in [6, 6.07) is 11.5. The number of carbonyl (C=O) groups is 2. The van der Waals surface area contributed by atoms with Crippen LogP contribution in [-0.2, 0) is 11.2 Å². The highest BCUT2D eigenvalue weighted by Gasteiger charge is 2.29. The maximum Gasteiger partial charge on any atom is 0.269 e. The zero-order valence-corrected chi connectivity index (χ0v) is 15.8. The minimum Gasteiger partial charge on any atom is -0.359 e. The molecule has 0 saturated carbocycles. The van der Waals surface area contributed by atoms with Crippen molar-refractivity contribution in [3.63, 3.8) is 0 Å². The van der Waals surface area contributed by atoms with Crippen molar-refractivity contribution in [2.75, 3.05) is 23.3 Å². The Balaban J connectivity index is 1.70. The zero-order chi connectivity index (χ0) is 20.3. The number of amides is 2. The standard InChI is InChI=1S/C20H22N4O4/c1-3-21-20(26)14-5-4-6-16(10-14)22-19(25)12-23-13(2)9-15-11-17(24(27)28)7-8-18(15)23/h4-8,10-11,13H,3,9,12H2,1-2H3,(H,21,26)(H,22,25). The molecule has 2 N–H and O–H groups in total. The predicted octanol–water partition coefficient (Wildman–Crippen LogP) is 2.73. The van der Waals surface area contributed by atoms with E-state index in [9.17, 15) is 19.7 Å². The highest BCUT2D eigenvalue weighted by molar-refractivity contribution is 5.98. The number of nitro benzene ring substituents is 1. The summed E-state index contributed by atoms with van der Waals surface area (Å²) in [5.74, 6) is -0.409. The van der Waals surface area contributed by atoms with Crippen LogP contribution < -0.4 is 15.5 Å². The molecule has 8 nitrogen and oxygen atoms in total. The molecule has 0 spiro atoms. The van der Waals surface area contributed by atoms with Crippen molar-refractivity contribution >= 4 is 28.9 Å². The lowest BCUT2D eigenvalue weighted by atomic mass is 10.1. The van der Waals surface area contributed by atoms with E-state index in [1.165, 1.54) is 6.07 Å². The number of anilines is 2. The van der Waals surface area contributed by atoms with E-state index in [4.69, 9.17) is 0 Å². The molecule has 1 unspecified atom stereocenters. The van der Waals surface area contributed by atoms with Crippen molar-refractivity contribution in [3.05, 3.63) is 63.7 Å². The van der Waals surface area contributed by atoms with Crippen molar-refractivity contribution in [3.8, 4) is 0 Å². The zero-order valence-electron chi connectivity index (χ0n) is 15.8. The number of nitro groups is 1. The molecule has 1 aliphatic heterocycles. The van der Waals surface area contributed by atoms with Crippen molar-refractivity contribution in [1.82, 2.24) is 5.32 Å². The maximum atomic E-state index is 12.5. The van der Waals surface area contributed by atoms with E-state index in [0.29, 0.717) is 24.2 Å². The number of nitrogens with one attached hydrogen (secondary N) is 2. The topological polar surface area (TPSA) is 105 Å². The lowest BCUT2D eigenvalue weighted by molar-refractivity contribution is -0.384. The van der Waals surface area contributed by atoms with Crippen LogP contribution in [0.2, 0.25) is 0 Å². The van der Waals surface area contributed by atoms with Crippen LogP contribution in [0.3, 0.4) is 0 Å². The van der Waals surface area contributed by atoms with Gasteiger partial charge in [-0.3, -0.25) is 19.7 Å². The number of benzene rings is 2. The summed E-state index contributed by atoms with van der Waals surface area (Å²) in [4.78, 5) is 37.0. The maximum absolute atomic E-state index is 12.5. The summed E-state index contributed by atoms with van der Waals surface area (Å²) in [7, 11) is 0. The third-order valence-corrected chi connectivity index (χ3v) is 4.69. The minimum atomic E-state index is -0.415. The van der Waals surface area contributed by atoms with Crippen LogP contribution >= 0.6 is 0 Å². The molecule has 0 fully saturated rings. The molecule has 146 valence electrons. The Morgan fingerprint density at radius 2 is 2.04 bits per heavy atom. The van der Waals surface area contributed by atoms with Gasteiger partial charge in [-0.15, -0.1) is 0 Å². The highest BCUT2D eigenvalue weighted by Crippen LogP contribution is 2.34. The number of hydrogen-bond donors (Lipinski definition) is 2. The van der Waals surface area contributed by atoms with E-state index in [-0.39, 0.29) is 30.1 Å². The second-order valence-electron chi connectivity index (χ2n) is 6.74. The summed E-state index contributed by atoms with van der Waals surface area (Å²) in [6.07, 6.45) is 0.650. The molecule has 1 aliphatic rings. The van der Waals surface area contributed by atoms with Crippen molar-refractivity contribution < 1.29 is 14.5 Å². The second kappa shape index (κ2) is 8.08. The Hall–Kier alpha value is -3.42. The summed E-state index contributed by atoms with van der Waals surface area (Å²) in [5, 5.41) is 16.5. The monoisotopic (exact) mass is 382 g/mol. The number of fused-ring (bicyclic) bond motifs is 1. The number of nitrogens with zero attached hydrogens (tertiary/aromatic N) is 2. The predicted molar refractivity (Wildman–Crippen MR) is 107 cm³/mol. The Morgan fingerprint density at radius 1 is 1.25 bits per heavy atom. The van der Waals surface area contributed by atoms with E-state index in [0.717, 1.165) is 11.3 Å². The third-order valence-electron chi connectivity index (χ3n) is 4.69. The molecule has 0 aromatic heterocycles. The van der Waals surface area contributed by atoms with Gasteiger partial charge in [-0.05, 0) is 50.1 Å². The summed E-state index contributed by atoms with van der Waals surface area (Å²) >= 11 is 0. The van der Waals surface area contributed by atoms with Crippen LogP contribution in [0.1, 0.15) is 29.8 Å². The van der Waals surface area contributed by atoms with Gasteiger partial charge in [0.2, 0.25) is 5.91 Å². The lowest BCUT2D eigenvalue weighted by Gasteiger charge is -2.24. The van der Waals surface area contributed by atoms with Gasteiger partial charge >= 0.3 is 0 Å². The van der Waals surface area contributed by atoms with Gasteiger partial charge in [0.15, 0.2) is 0 Å². The molecule has 2 amide bonds. The lowest BCUT2D eigenvalue weighted by Crippen LogP contribution is -2.37.